The fourth-order valence-corrected chi connectivity index (χ4v) is 3.04. The molecular weight excluding hydrogens is 208 g/mol. The summed E-state index contributed by atoms with van der Waals surface area (Å²) in [5, 5.41) is 3.67. The van der Waals surface area contributed by atoms with Crippen LogP contribution in [0.25, 0.3) is 0 Å². The minimum Gasteiger partial charge on any atom is -0.314 e. The standard InChI is InChI=1S/C15H30N2/c1-3-11-16-14-6-8-15(9-7-14)17(2)12-10-13-4-5-13/h13-16H,3-12H2,1-2H3. The van der Waals surface area contributed by atoms with Crippen molar-refractivity contribution in [3.8, 4) is 0 Å². The van der Waals surface area contributed by atoms with E-state index in [2.05, 4.69) is 24.2 Å². The van der Waals surface area contributed by atoms with Gasteiger partial charge in [-0.2, -0.15) is 0 Å². The lowest BCUT2D eigenvalue weighted by molar-refractivity contribution is 0.170. The minimum absolute atomic E-state index is 0.808. The zero-order chi connectivity index (χ0) is 12.1. The Morgan fingerprint density at radius 3 is 2.35 bits per heavy atom. The van der Waals surface area contributed by atoms with Gasteiger partial charge < -0.3 is 10.2 Å². The van der Waals surface area contributed by atoms with Gasteiger partial charge in [0.05, 0.1) is 0 Å². The SMILES string of the molecule is CCCNC1CCC(N(C)CCC2CC2)CC1. The number of nitrogens with one attached hydrogen (secondary N) is 1. The van der Waals surface area contributed by atoms with E-state index in [1.807, 2.05) is 0 Å². The van der Waals surface area contributed by atoms with Gasteiger partial charge in [-0.25, -0.2) is 0 Å². The molecule has 0 aliphatic heterocycles. The monoisotopic (exact) mass is 238 g/mol. The summed E-state index contributed by atoms with van der Waals surface area (Å²) in [5.74, 6) is 1.08. The lowest BCUT2D eigenvalue weighted by Gasteiger charge is -2.35. The second-order valence-electron chi connectivity index (χ2n) is 6.17. The maximum atomic E-state index is 3.67. The first-order valence-electron chi connectivity index (χ1n) is 7.73. The Morgan fingerprint density at radius 1 is 1.06 bits per heavy atom. The van der Waals surface area contributed by atoms with E-state index in [4.69, 9.17) is 0 Å². The predicted molar refractivity (Wildman–Crippen MR) is 74.3 cm³/mol. The highest BCUT2D eigenvalue weighted by molar-refractivity contribution is 4.83. The zero-order valence-corrected chi connectivity index (χ0v) is 11.8. The quantitative estimate of drug-likeness (QED) is 0.733. The van der Waals surface area contributed by atoms with Crippen LogP contribution in [0, 0.1) is 5.92 Å². The van der Waals surface area contributed by atoms with Crippen LogP contribution in [-0.4, -0.2) is 37.1 Å². The molecule has 0 aromatic heterocycles. The molecule has 0 spiro atoms. The molecular formula is C15H30N2. The van der Waals surface area contributed by atoms with E-state index in [0.29, 0.717) is 0 Å². The molecule has 17 heavy (non-hydrogen) atoms. The number of hydrogen-bond acceptors (Lipinski definition) is 2. The molecule has 2 rings (SSSR count). The highest BCUT2D eigenvalue weighted by Crippen LogP contribution is 2.33. The molecule has 2 fully saturated rings. The lowest BCUT2D eigenvalue weighted by atomic mass is 9.90. The fraction of sp³-hybridized carbons (Fsp3) is 1.00. The Bertz CT molecular complexity index is 205. The second kappa shape index (κ2) is 6.75. The first-order valence-corrected chi connectivity index (χ1v) is 7.73. The average Bonchev–Trinajstić information content (AvgIpc) is 3.18. The van der Waals surface area contributed by atoms with Crippen LogP contribution >= 0.6 is 0 Å². The lowest BCUT2D eigenvalue weighted by Crippen LogP contribution is -2.41. The van der Waals surface area contributed by atoms with Gasteiger partial charge in [-0.3, -0.25) is 0 Å². The summed E-state index contributed by atoms with van der Waals surface area (Å²) in [6.45, 7) is 4.79. The largest absolute Gasteiger partial charge is 0.314 e. The molecule has 0 atom stereocenters. The van der Waals surface area contributed by atoms with Gasteiger partial charge in [-0.15, -0.1) is 0 Å². The van der Waals surface area contributed by atoms with Crippen LogP contribution in [0.5, 0.6) is 0 Å². The normalized spacial score (nSPS) is 29.8. The van der Waals surface area contributed by atoms with Gasteiger partial charge in [0.2, 0.25) is 0 Å². The van der Waals surface area contributed by atoms with Gasteiger partial charge >= 0.3 is 0 Å². The van der Waals surface area contributed by atoms with Gasteiger partial charge in [0, 0.05) is 12.1 Å². The van der Waals surface area contributed by atoms with Crippen molar-refractivity contribution in [1.29, 1.82) is 0 Å². The molecule has 0 heterocycles. The van der Waals surface area contributed by atoms with Crippen LogP contribution in [0.2, 0.25) is 0 Å². The maximum Gasteiger partial charge on any atom is 0.00933 e. The molecule has 2 aliphatic carbocycles. The van der Waals surface area contributed by atoms with E-state index < -0.39 is 0 Å². The van der Waals surface area contributed by atoms with Crippen LogP contribution in [0.1, 0.15) is 58.3 Å². The topological polar surface area (TPSA) is 15.3 Å². The molecule has 2 heteroatoms. The van der Waals surface area contributed by atoms with E-state index in [-0.39, 0.29) is 0 Å². The molecule has 2 aliphatic rings. The molecule has 0 radical (unpaired) electrons. The molecule has 0 amide bonds. The number of hydrogen-bond donors (Lipinski definition) is 1. The van der Waals surface area contributed by atoms with Gasteiger partial charge in [-0.1, -0.05) is 19.8 Å². The first-order chi connectivity index (χ1) is 8.29. The molecule has 0 aromatic rings. The molecule has 2 nitrogen and oxygen atoms in total. The third kappa shape index (κ3) is 4.59. The van der Waals surface area contributed by atoms with E-state index in [9.17, 15) is 0 Å². The summed E-state index contributed by atoms with van der Waals surface area (Å²) in [4.78, 5) is 2.63. The summed E-state index contributed by atoms with van der Waals surface area (Å²) in [6, 6.07) is 1.68. The van der Waals surface area contributed by atoms with Crippen molar-refractivity contribution in [1.82, 2.24) is 10.2 Å². The summed E-state index contributed by atoms with van der Waals surface area (Å²) in [6.07, 6.45) is 11.3. The molecule has 0 unspecified atom stereocenters. The van der Waals surface area contributed by atoms with Crippen LogP contribution in [-0.2, 0) is 0 Å². The Morgan fingerprint density at radius 2 is 1.76 bits per heavy atom. The third-order valence-electron chi connectivity index (χ3n) is 4.59. The molecule has 100 valence electrons. The van der Waals surface area contributed by atoms with Gasteiger partial charge in [-0.05, 0) is 64.6 Å². The predicted octanol–water partition coefficient (Wildman–Crippen LogP) is 3.03. The number of rotatable bonds is 7. The van der Waals surface area contributed by atoms with Crippen molar-refractivity contribution in [2.24, 2.45) is 5.92 Å². The summed E-state index contributed by atoms with van der Waals surface area (Å²) in [5.41, 5.74) is 0. The summed E-state index contributed by atoms with van der Waals surface area (Å²) < 4.78 is 0. The van der Waals surface area contributed by atoms with Crippen molar-refractivity contribution < 1.29 is 0 Å². The molecule has 0 aromatic carbocycles. The second-order valence-corrected chi connectivity index (χ2v) is 6.17. The average molecular weight is 238 g/mol. The number of nitrogens with zero attached hydrogens (tertiary/aromatic N) is 1. The molecule has 0 bridgehead atoms. The van der Waals surface area contributed by atoms with Crippen molar-refractivity contribution in [3.05, 3.63) is 0 Å². The minimum atomic E-state index is 0.808. The van der Waals surface area contributed by atoms with Gasteiger partial charge in [0.1, 0.15) is 0 Å². The Hall–Kier alpha value is -0.0800. The zero-order valence-electron chi connectivity index (χ0n) is 11.8. The highest BCUT2D eigenvalue weighted by atomic mass is 15.1. The Kier molecular flexibility index (Phi) is 5.30. The Labute approximate surface area is 107 Å². The van der Waals surface area contributed by atoms with E-state index in [1.54, 1.807) is 0 Å². The van der Waals surface area contributed by atoms with Crippen molar-refractivity contribution in [3.63, 3.8) is 0 Å². The highest BCUT2D eigenvalue weighted by Gasteiger charge is 2.26. The molecule has 1 N–H and O–H groups in total. The van der Waals surface area contributed by atoms with Crippen molar-refractivity contribution in [2.75, 3.05) is 20.1 Å². The van der Waals surface area contributed by atoms with E-state index >= 15 is 0 Å². The Balaban J connectivity index is 1.59. The van der Waals surface area contributed by atoms with Crippen molar-refractivity contribution >= 4 is 0 Å². The fourth-order valence-electron chi connectivity index (χ4n) is 3.04. The van der Waals surface area contributed by atoms with Crippen LogP contribution in [0.3, 0.4) is 0 Å². The molecule has 2 saturated carbocycles. The van der Waals surface area contributed by atoms with E-state index in [0.717, 1.165) is 18.0 Å². The maximum absolute atomic E-state index is 3.67. The van der Waals surface area contributed by atoms with Gasteiger partial charge in [0.25, 0.3) is 0 Å². The van der Waals surface area contributed by atoms with Crippen LogP contribution in [0.4, 0.5) is 0 Å². The van der Waals surface area contributed by atoms with Crippen LogP contribution in [0.15, 0.2) is 0 Å². The third-order valence-corrected chi connectivity index (χ3v) is 4.59. The summed E-state index contributed by atoms with van der Waals surface area (Å²) in [7, 11) is 2.34. The molecule has 0 saturated heterocycles. The van der Waals surface area contributed by atoms with E-state index in [1.165, 1.54) is 64.5 Å². The van der Waals surface area contributed by atoms with Crippen LogP contribution < -0.4 is 5.32 Å². The van der Waals surface area contributed by atoms with Gasteiger partial charge in [0.15, 0.2) is 0 Å². The smallest absolute Gasteiger partial charge is 0.00933 e. The summed E-state index contributed by atoms with van der Waals surface area (Å²) >= 11 is 0. The van der Waals surface area contributed by atoms with Crippen molar-refractivity contribution in [2.45, 2.75) is 70.4 Å². The first kappa shape index (κ1) is 13.4.